The Balaban J connectivity index is 1.88. The lowest BCUT2D eigenvalue weighted by atomic mass is 10.1. The van der Waals surface area contributed by atoms with Gasteiger partial charge in [0, 0.05) is 13.7 Å². The molecule has 1 heterocycles. The molecule has 0 atom stereocenters. The minimum absolute atomic E-state index is 0.0220. The van der Waals surface area contributed by atoms with Crippen molar-refractivity contribution in [2.45, 2.75) is 26.8 Å². The van der Waals surface area contributed by atoms with E-state index in [4.69, 9.17) is 13.9 Å². The molecule has 24 heavy (non-hydrogen) atoms. The number of nitrogens with zero attached hydrogens (tertiary/aromatic N) is 1. The summed E-state index contributed by atoms with van der Waals surface area (Å²) in [4.78, 5) is 14.2. The highest BCUT2D eigenvalue weighted by Gasteiger charge is 2.15. The topological polar surface area (TPSA) is 51.9 Å². The summed E-state index contributed by atoms with van der Waals surface area (Å²) in [5, 5.41) is 0. The lowest BCUT2D eigenvalue weighted by molar-refractivity contribution is -0.133. The zero-order valence-corrected chi connectivity index (χ0v) is 14.6. The minimum Gasteiger partial charge on any atom is -0.493 e. The van der Waals surface area contributed by atoms with Crippen molar-refractivity contribution in [3.05, 3.63) is 53.5 Å². The molecule has 0 spiro atoms. The molecule has 0 unspecified atom stereocenters. The minimum atomic E-state index is 0.0220. The molecule has 0 aliphatic heterocycles. The van der Waals surface area contributed by atoms with Crippen LogP contribution in [-0.2, 0) is 16.1 Å². The molecule has 2 aromatic rings. The number of amides is 1. The van der Waals surface area contributed by atoms with Crippen molar-refractivity contribution in [1.29, 1.82) is 0 Å². The van der Waals surface area contributed by atoms with Crippen LogP contribution < -0.4 is 4.74 Å². The SMILES string of the molecule is COCCN(Cc1ccco1)C(=O)CCOc1cc(C)ccc1C. The van der Waals surface area contributed by atoms with Crippen LogP contribution in [0.3, 0.4) is 0 Å². The van der Waals surface area contributed by atoms with Gasteiger partial charge < -0.3 is 18.8 Å². The van der Waals surface area contributed by atoms with Gasteiger partial charge in [0.1, 0.15) is 11.5 Å². The van der Waals surface area contributed by atoms with Crippen molar-refractivity contribution >= 4 is 5.91 Å². The summed E-state index contributed by atoms with van der Waals surface area (Å²) >= 11 is 0. The van der Waals surface area contributed by atoms with Crippen molar-refractivity contribution < 1.29 is 18.7 Å². The summed E-state index contributed by atoms with van der Waals surface area (Å²) in [7, 11) is 1.62. The number of benzene rings is 1. The number of ether oxygens (including phenoxy) is 2. The van der Waals surface area contributed by atoms with Gasteiger partial charge in [-0.2, -0.15) is 0 Å². The molecule has 0 saturated carbocycles. The first kappa shape index (κ1) is 18.1. The number of carbonyl (C=O) groups is 1. The number of aryl methyl sites for hydroxylation is 2. The zero-order valence-electron chi connectivity index (χ0n) is 14.6. The predicted molar refractivity (Wildman–Crippen MR) is 92.0 cm³/mol. The summed E-state index contributed by atoms with van der Waals surface area (Å²) in [5.74, 6) is 1.61. The van der Waals surface area contributed by atoms with Crippen LogP contribution in [0.25, 0.3) is 0 Å². The summed E-state index contributed by atoms with van der Waals surface area (Å²) in [5.41, 5.74) is 2.21. The highest BCUT2D eigenvalue weighted by Crippen LogP contribution is 2.19. The molecular weight excluding hydrogens is 306 g/mol. The third-order valence-corrected chi connectivity index (χ3v) is 3.76. The Morgan fingerprint density at radius 3 is 2.75 bits per heavy atom. The molecule has 0 saturated heterocycles. The van der Waals surface area contributed by atoms with E-state index in [1.54, 1.807) is 18.3 Å². The van der Waals surface area contributed by atoms with Crippen LogP contribution in [0.1, 0.15) is 23.3 Å². The predicted octanol–water partition coefficient (Wildman–Crippen LogP) is 3.34. The molecule has 5 heteroatoms. The molecule has 2 rings (SSSR count). The van der Waals surface area contributed by atoms with Gasteiger partial charge in [-0.1, -0.05) is 12.1 Å². The second kappa shape index (κ2) is 9.13. The van der Waals surface area contributed by atoms with Crippen LogP contribution in [-0.4, -0.2) is 37.7 Å². The van der Waals surface area contributed by atoms with E-state index in [0.717, 1.165) is 22.6 Å². The van der Waals surface area contributed by atoms with E-state index >= 15 is 0 Å². The number of furan rings is 1. The monoisotopic (exact) mass is 331 g/mol. The van der Waals surface area contributed by atoms with Crippen molar-refractivity contribution in [3.8, 4) is 5.75 Å². The zero-order chi connectivity index (χ0) is 17.4. The fourth-order valence-corrected chi connectivity index (χ4v) is 2.35. The third-order valence-electron chi connectivity index (χ3n) is 3.76. The van der Waals surface area contributed by atoms with E-state index in [1.165, 1.54) is 0 Å². The van der Waals surface area contributed by atoms with Crippen molar-refractivity contribution in [1.82, 2.24) is 4.90 Å². The quantitative estimate of drug-likeness (QED) is 0.707. The molecule has 0 aliphatic rings. The average Bonchev–Trinajstić information content (AvgIpc) is 3.07. The maximum absolute atomic E-state index is 12.5. The second-order valence-electron chi connectivity index (χ2n) is 5.75. The molecule has 0 aliphatic carbocycles. The van der Waals surface area contributed by atoms with Crippen molar-refractivity contribution in [3.63, 3.8) is 0 Å². The van der Waals surface area contributed by atoms with Gasteiger partial charge in [-0.25, -0.2) is 0 Å². The molecule has 130 valence electrons. The number of hydrogen-bond donors (Lipinski definition) is 0. The number of rotatable bonds is 9. The highest BCUT2D eigenvalue weighted by atomic mass is 16.5. The van der Waals surface area contributed by atoms with Crippen LogP contribution in [0.15, 0.2) is 41.0 Å². The van der Waals surface area contributed by atoms with Gasteiger partial charge in [-0.05, 0) is 43.2 Å². The van der Waals surface area contributed by atoms with Crippen molar-refractivity contribution in [2.24, 2.45) is 0 Å². The van der Waals surface area contributed by atoms with Gasteiger partial charge in [0.25, 0.3) is 0 Å². The Hall–Kier alpha value is -2.27. The van der Waals surface area contributed by atoms with Crippen LogP contribution in [0, 0.1) is 13.8 Å². The van der Waals surface area contributed by atoms with E-state index in [1.807, 2.05) is 44.2 Å². The summed E-state index contributed by atoms with van der Waals surface area (Å²) in [6.45, 7) is 5.83. The normalized spacial score (nSPS) is 10.6. The van der Waals surface area contributed by atoms with E-state index < -0.39 is 0 Å². The van der Waals surface area contributed by atoms with E-state index in [9.17, 15) is 4.79 Å². The number of methoxy groups -OCH3 is 1. The first-order valence-corrected chi connectivity index (χ1v) is 8.09. The highest BCUT2D eigenvalue weighted by molar-refractivity contribution is 5.76. The largest absolute Gasteiger partial charge is 0.493 e. The van der Waals surface area contributed by atoms with Crippen LogP contribution >= 0.6 is 0 Å². The molecule has 0 N–H and O–H groups in total. The molecule has 1 amide bonds. The Morgan fingerprint density at radius 1 is 1.21 bits per heavy atom. The molecule has 0 fully saturated rings. The maximum Gasteiger partial charge on any atom is 0.226 e. The summed E-state index contributed by atoms with van der Waals surface area (Å²) in [6.07, 6.45) is 1.93. The lowest BCUT2D eigenvalue weighted by Crippen LogP contribution is -2.34. The Bertz CT molecular complexity index is 637. The Labute approximate surface area is 143 Å². The number of carbonyl (C=O) groups excluding carboxylic acids is 1. The second-order valence-corrected chi connectivity index (χ2v) is 5.75. The first-order valence-electron chi connectivity index (χ1n) is 8.09. The molecule has 0 radical (unpaired) electrons. The lowest BCUT2D eigenvalue weighted by Gasteiger charge is -2.21. The number of hydrogen-bond acceptors (Lipinski definition) is 4. The first-order chi connectivity index (χ1) is 11.6. The molecule has 0 bridgehead atoms. The summed E-state index contributed by atoms with van der Waals surface area (Å²) < 4.78 is 16.2. The van der Waals surface area contributed by atoms with E-state index in [-0.39, 0.29) is 5.91 Å². The fourth-order valence-electron chi connectivity index (χ4n) is 2.35. The smallest absolute Gasteiger partial charge is 0.226 e. The van der Waals surface area contributed by atoms with Crippen LogP contribution in [0.5, 0.6) is 5.75 Å². The fraction of sp³-hybridized carbons (Fsp3) is 0.421. The summed E-state index contributed by atoms with van der Waals surface area (Å²) in [6, 6.07) is 9.74. The molecule has 5 nitrogen and oxygen atoms in total. The molecule has 1 aromatic carbocycles. The standard InChI is InChI=1S/C19H25NO4/c1-15-6-7-16(2)18(13-15)24-11-8-19(21)20(9-12-22-3)14-17-5-4-10-23-17/h4-7,10,13H,8-9,11-12,14H2,1-3H3. The van der Waals surface area contributed by atoms with Gasteiger partial charge in [0.05, 0.1) is 32.4 Å². The molecule has 1 aromatic heterocycles. The van der Waals surface area contributed by atoms with Gasteiger partial charge >= 0.3 is 0 Å². The average molecular weight is 331 g/mol. The van der Waals surface area contributed by atoms with Gasteiger partial charge in [-0.15, -0.1) is 0 Å². The van der Waals surface area contributed by atoms with Gasteiger partial charge in [0.2, 0.25) is 5.91 Å². The molecular formula is C19H25NO4. The maximum atomic E-state index is 12.5. The Morgan fingerprint density at radius 2 is 2.04 bits per heavy atom. The van der Waals surface area contributed by atoms with Crippen LogP contribution in [0.4, 0.5) is 0 Å². The van der Waals surface area contributed by atoms with Crippen LogP contribution in [0.2, 0.25) is 0 Å². The van der Waals surface area contributed by atoms with Gasteiger partial charge in [0.15, 0.2) is 0 Å². The van der Waals surface area contributed by atoms with E-state index in [2.05, 4.69) is 0 Å². The van der Waals surface area contributed by atoms with E-state index in [0.29, 0.717) is 32.7 Å². The van der Waals surface area contributed by atoms with Gasteiger partial charge in [-0.3, -0.25) is 4.79 Å². The van der Waals surface area contributed by atoms with Crippen molar-refractivity contribution in [2.75, 3.05) is 26.9 Å². The third kappa shape index (κ3) is 5.42. The Kier molecular flexibility index (Phi) is 6.88.